The summed E-state index contributed by atoms with van der Waals surface area (Å²) >= 11 is 0. The van der Waals surface area contributed by atoms with Crippen LogP contribution in [0.15, 0.2) is 158 Å². The van der Waals surface area contributed by atoms with Crippen molar-refractivity contribution in [1.29, 1.82) is 0 Å². The number of benzene rings is 6. The SMILES string of the molecule is c1ccc(-c2c3ccccc3c(-c3ccccc3)c3cc(-c4ccc(-c5cncc6ccccc56)nc4)ccc23)cc1. The quantitative estimate of drug-likeness (QED) is 0.210. The zero-order chi connectivity index (χ0) is 27.9. The van der Waals surface area contributed by atoms with Gasteiger partial charge in [-0.1, -0.05) is 127 Å². The van der Waals surface area contributed by atoms with Gasteiger partial charge in [0.1, 0.15) is 0 Å². The van der Waals surface area contributed by atoms with E-state index in [0.717, 1.165) is 33.2 Å². The Balaban J connectivity index is 1.35. The number of aromatic nitrogens is 2. The Kier molecular flexibility index (Phi) is 5.82. The minimum absolute atomic E-state index is 0.922. The van der Waals surface area contributed by atoms with Crippen molar-refractivity contribution >= 4 is 32.3 Å². The Morgan fingerprint density at radius 1 is 0.357 bits per heavy atom. The lowest BCUT2D eigenvalue weighted by Gasteiger charge is -2.18. The first-order chi connectivity index (χ1) is 20.8. The van der Waals surface area contributed by atoms with Crippen LogP contribution in [0, 0.1) is 0 Å². The molecule has 8 rings (SSSR count). The van der Waals surface area contributed by atoms with Gasteiger partial charge in [0.15, 0.2) is 0 Å². The summed E-state index contributed by atoms with van der Waals surface area (Å²) in [6, 6.07) is 49.7. The summed E-state index contributed by atoms with van der Waals surface area (Å²) in [5.74, 6) is 0. The number of nitrogens with zero attached hydrogens (tertiary/aromatic N) is 2. The number of pyridine rings is 2. The van der Waals surface area contributed by atoms with E-state index in [4.69, 9.17) is 4.98 Å². The van der Waals surface area contributed by atoms with E-state index in [2.05, 4.69) is 138 Å². The standard InChI is InChI=1S/C40H26N2/c1-3-11-27(12-4-1)39-33-17-9-10-18-34(33)40(28-13-5-2-6-14-28)36-23-29(19-21-35(36)39)30-20-22-38(42-25-30)37-26-41-24-31-15-7-8-16-32(31)37/h1-26H. The minimum Gasteiger partial charge on any atom is -0.263 e. The molecule has 42 heavy (non-hydrogen) atoms. The molecule has 8 aromatic rings. The summed E-state index contributed by atoms with van der Waals surface area (Å²) < 4.78 is 0. The van der Waals surface area contributed by atoms with Gasteiger partial charge in [-0.25, -0.2) is 0 Å². The second kappa shape index (κ2) is 10.1. The van der Waals surface area contributed by atoms with Crippen molar-refractivity contribution in [1.82, 2.24) is 9.97 Å². The predicted molar refractivity (Wildman–Crippen MR) is 176 cm³/mol. The average Bonchev–Trinajstić information content (AvgIpc) is 3.07. The lowest BCUT2D eigenvalue weighted by molar-refractivity contribution is 1.30. The molecule has 0 saturated carbocycles. The van der Waals surface area contributed by atoms with Gasteiger partial charge >= 0.3 is 0 Å². The van der Waals surface area contributed by atoms with E-state index in [1.54, 1.807) is 0 Å². The molecule has 2 nitrogen and oxygen atoms in total. The smallest absolute Gasteiger partial charge is 0.0724 e. The summed E-state index contributed by atoms with van der Waals surface area (Å²) in [6.45, 7) is 0. The molecule has 2 heteroatoms. The van der Waals surface area contributed by atoms with Crippen molar-refractivity contribution in [2.75, 3.05) is 0 Å². The molecule has 0 radical (unpaired) electrons. The molecule has 196 valence electrons. The molecule has 0 spiro atoms. The summed E-state index contributed by atoms with van der Waals surface area (Å²) in [5, 5.41) is 7.27. The molecule has 0 unspecified atom stereocenters. The molecule has 0 aliphatic heterocycles. The number of fused-ring (bicyclic) bond motifs is 3. The number of rotatable bonds is 4. The first-order valence-electron chi connectivity index (χ1n) is 14.2. The van der Waals surface area contributed by atoms with Crippen LogP contribution in [0.4, 0.5) is 0 Å². The van der Waals surface area contributed by atoms with E-state index in [1.807, 2.05) is 24.7 Å². The van der Waals surface area contributed by atoms with Crippen LogP contribution in [0.3, 0.4) is 0 Å². The third-order valence-corrected chi connectivity index (χ3v) is 8.19. The second-order valence-corrected chi connectivity index (χ2v) is 10.6. The van der Waals surface area contributed by atoms with Gasteiger partial charge in [-0.05, 0) is 66.9 Å². The Labute approximate surface area is 244 Å². The predicted octanol–water partition coefficient (Wildman–Crippen LogP) is 10.6. The normalized spacial score (nSPS) is 11.3. The summed E-state index contributed by atoms with van der Waals surface area (Å²) in [7, 11) is 0. The topological polar surface area (TPSA) is 25.8 Å². The van der Waals surface area contributed by atoms with Gasteiger partial charge in [0.25, 0.3) is 0 Å². The van der Waals surface area contributed by atoms with Gasteiger partial charge in [-0.15, -0.1) is 0 Å². The molecule has 0 aliphatic rings. The summed E-state index contributed by atoms with van der Waals surface area (Å²) in [4.78, 5) is 9.37. The molecular weight excluding hydrogens is 508 g/mol. The first-order valence-corrected chi connectivity index (χ1v) is 14.2. The highest BCUT2D eigenvalue weighted by Gasteiger charge is 2.17. The zero-order valence-corrected chi connectivity index (χ0v) is 22.9. The molecule has 2 heterocycles. The van der Waals surface area contributed by atoms with Gasteiger partial charge in [0.2, 0.25) is 0 Å². The maximum atomic E-state index is 4.91. The van der Waals surface area contributed by atoms with Crippen molar-refractivity contribution in [3.63, 3.8) is 0 Å². The molecule has 6 aromatic carbocycles. The fourth-order valence-corrected chi connectivity index (χ4v) is 6.23. The summed E-state index contributed by atoms with van der Waals surface area (Å²) in [5.41, 5.74) is 9.16. The third-order valence-electron chi connectivity index (χ3n) is 8.19. The molecule has 0 aliphatic carbocycles. The van der Waals surface area contributed by atoms with Crippen LogP contribution < -0.4 is 0 Å². The van der Waals surface area contributed by atoms with Crippen molar-refractivity contribution in [3.8, 4) is 44.6 Å². The van der Waals surface area contributed by atoms with Crippen LogP contribution in [0.25, 0.3) is 77.0 Å². The lowest BCUT2D eigenvalue weighted by atomic mass is 9.85. The fourth-order valence-electron chi connectivity index (χ4n) is 6.23. The van der Waals surface area contributed by atoms with Crippen LogP contribution in [-0.4, -0.2) is 9.97 Å². The Bertz CT molecular complexity index is 2210. The highest BCUT2D eigenvalue weighted by molar-refractivity contribution is 6.21. The number of hydrogen-bond donors (Lipinski definition) is 0. The minimum atomic E-state index is 0.922. The summed E-state index contributed by atoms with van der Waals surface area (Å²) in [6.07, 6.45) is 5.79. The zero-order valence-electron chi connectivity index (χ0n) is 22.9. The van der Waals surface area contributed by atoms with Crippen LogP contribution >= 0.6 is 0 Å². The maximum Gasteiger partial charge on any atom is 0.0724 e. The fraction of sp³-hybridized carbons (Fsp3) is 0. The monoisotopic (exact) mass is 534 g/mol. The number of hydrogen-bond acceptors (Lipinski definition) is 2. The average molecular weight is 535 g/mol. The third kappa shape index (κ3) is 4.05. The van der Waals surface area contributed by atoms with Crippen LogP contribution in [-0.2, 0) is 0 Å². The second-order valence-electron chi connectivity index (χ2n) is 10.6. The largest absolute Gasteiger partial charge is 0.263 e. The van der Waals surface area contributed by atoms with Gasteiger partial charge in [0.05, 0.1) is 5.69 Å². The molecule has 0 atom stereocenters. The first kappa shape index (κ1) is 24.2. The molecule has 0 fully saturated rings. The molecule has 2 aromatic heterocycles. The molecule has 0 N–H and O–H groups in total. The molecular formula is C40H26N2. The van der Waals surface area contributed by atoms with E-state index in [1.165, 1.54) is 43.8 Å². The van der Waals surface area contributed by atoms with Crippen molar-refractivity contribution in [2.45, 2.75) is 0 Å². The van der Waals surface area contributed by atoms with E-state index in [-0.39, 0.29) is 0 Å². The maximum absolute atomic E-state index is 4.91. The van der Waals surface area contributed by atoms with E-state index in [9.17, 15) is 0 Å². The van der Waals surface area contributed by atoms with Crippen LogP contribution in [0.5, 0.6) is 0 Å². The van der Waals surface area contributed by atoms with Crippen molar-refractivity contribution < 1.29 is 0 Å². The van der Waals surface area contributed by atoms with Crippen molar-refractivity contribution in [3.05, 3.63) is 158 Å². The molecule has 0 amide bonds. The van der Waals surface area contributed by atoms with Crippen molar-refractivity contribution in [2.24, 2.45) is 0 Å². The Morgan fingerprint density at radius 3 is 1.60 bits per heavy atom. The molecule has 0 saturated heterocycles. The van der Waals surface area contributed by atoms with Crippen LogP contribution in [0.2, 0.25) is 0 Å². The molecule has 0 bridgehead atoms. The van der Waals surface area contributed by atoms with Gasteiger partial charge in [-0.2, -0.15) is 0 Å². The van der Waals surface area contributed by atoms with E-state index in [0.29, 0.717) is 0 Å². The van der Waals surface area contributed by atoms with Gasteiger partial charge in [-0.3, -0.25) is 9.97 Å². The highest BCUT2D eigenvalue weighted by atomic mass is 14.7. The van der Waals surface area contributed by atoms with Crippen LogP contribution in [0.1, 0.15) is 0 Å². The Hall–Kier alpha value is -5.60. The highest BCUT2D eigenvalue weighted by Crippen LogP contribution is 2.44. The lowest BCUT2D eigenvalue weighted by Crippen LogP contribution is -1.92. The Morgan fingerprint density at radius 2 is 0.929 bits per heavy atom. The van der Waals surface area contributed by atoms with Gasteiger partial charge in [0, 0.05) is 35.1 Å². The van der Waals surface area contributed by atoms with Gasteiger partial charge < -0.3 is 0 Å². The van der Waals surface area contributed by atoms with E-state index >= 15 is 0 Å². The van der Waals surface area contributed by atoms with E-state index < -0.39 is 0 Å².